The Labute approximate surface area is 68.6 Å². The average molecular weight is 166 g/mol. The van der Waals surface area contributed by atoms with Crippen molar-refractivity contribution in [3.05, 3.63) is 30.3 Å². The molecular weight excluding hydrogens is 159 g/mol. The Bertz CT molecular complexity index is 406. The van der Waals surface area contributed by atoms with E-state index in [0.29, 0.717) is 0 Å². The van der Waals surface area contributed by atoms with Gasteiger partial charge in [0.1, 0.15) is 0 Å². The zero-order valence-electron chi connectivity index (χ0n) is 6.50. The van der Waals surface area contributed by atoms with Gasteiger partial charge in [0.05, 0.1) is 13.4 Å². The molecule has 0 saturated carbocycles. The highest BCUT2D eigenvalue weighted by molar-refractivity contribution is 5.79. The maximum Gasteiger partial charge on any atom is 0.208 e. The lowest BCUT2D eigenvalue weighted by Crippen LogP contribution is -1.86. The van der Waals surface area contributed by atoms with Gasteiger partial charge in [-0.15, -0.1) is 0 Å². The predicted molar refractivity (Wildman–Crippen MR) is 42.7 cm³/mol. The molecule has 1 heterocycles. The summed E-state index contributed by atoms with van der Waals surface area (Å²) in [6, 6.07) is 5.03. The second-order valence-electron chi connectivity index (χ2n) is 2.42. The molecule has 0 aliphatic heterocycles. The molecule has 0 bridgehead atoms. The first-order valence-corrected chi connectivity index (χ1v) is 3.52. The summed E-state index contributed by atoms with van der Waals surface area (Å²) in [7, 11) is 1.42. The van der Waals surface area contributed by atoms with Crippen LogP contribution in [-0.4, -0.2) is 7.11 Å². The summed E-state index contributed by atoms with van der Waals surface area (Å²) in [6.45, 7) is 0. The first kappa shape index (κ1) is 7.16. The fraction of sp³-hybridized carbons (Fsp3) is 0.111. The molecule has 2 nitrogen and oxygen atoms in total. The van der Waals surface area contributed by atoms with Crippen LogP contribution in [0.1, 0.15) is 0 Å². The van der Waals surface area contributed by atoms with Gasteiger partial charge in [0.15, 0.2) is 11.3 Å². The molecule has 0 spiro atoms. The highest BCUT2D eigenvalue weighted by Crippen LogP contribution is 2.26. The van der Waals surface area contributed by atoms with Crippen molar-refractivity contribution in [1.29, 1.82) is 0 Å². The van der Waals surface area contributed by atoms with E-state index in [1.807, 2.05) is 0 Å². The third kappa shape index (κ3) is 0.863. The average Bonchev–Trinajstić information content (AvgIpc) is 2.53. The monoisotopic (exact) mass is 166 g/mol. The first-order chi connectivity index (χ1) is 5.83. The van der Waals surface area contributed by atoms with Crippen molar-refractivity contribution in [2.45, 2.75) is 0 Å². The number of hydrogen-bond acceptors (Lipinski definition) is 2. The van der Waals surface area contributed by atoms with Crippen LogP contribution in [0, 0.1) is 5.82 Å². The standard InChI is InChI=1S/C9H7FO2/c1-11-7-3-2-6-4-5-12-9(6)8(7)10/h2-5H,1H3. The molecule has 0 unspecified atom stereocenters. The molecule has 0 N–H and O–H groups in total. The van der Waals surface area contributed by atoms with Crippen LogP contribution in [0.3, 0.4) is 0 Å². The largest absolute Gasteiger partial charge is 0.494 e. The summed E-state index contributed by atoms with van der Waals surface area (Å²) in [4.78, 5) is 0. The number of hydrogen-bond donors (Lipinski definition) is 0. The SMILES string of the molecule is COc1ccc2ccoc2c1F. The molecule has 62 valence electrons. The van der Waals surface area contributed by atoms with Gasteiger partial charge in [-0.1, -0.05) is 0 Å². The predicted octanol–water partition coefficient (Wildman–Crippen LogP) is 2.58. The second kappa shape index (κ2) is 2.52. The van der Waals surface area contributed by atoms with Crippen molar-refractivity contribution in [3.8, 4) is 5.75 Å². The topological polar surface area (TPSA) is 22.4 Å². The second-order valence-corrected chi connectivity index (χ2v) is 2.42. The summed E-state index contributed by atoms with van der Waals surface area (Å²) in [5.74, 6) is -0.238. The number of halogens is 1. The number of benzene rings is 1. The van der Waals surface area contributed by atoms with E-state index in [2.05, 4.69) is 0 Å². The van der Waals surface area contributed by atoms with E-state index in [1.54, 1.807) is 18.2 Å². The summed E-state index contributed by atoms with van der Waals surface area (Å²) in [6.07, 6.45) is 1.45. The maximum absolute atomic E-state index is 13.3. The van der Waals surface area contributed by atoms with E-state index in [-0.39, 0.29) is 11.3 Å². The van der Waals surface area contributed by atoms with Crippen molar-refractivity contribution < 1.29 is 13.5 Å². The van der Waals surface area contributed by atoms with Crippen molar-refractivity contribution in [1.82, 2.24) is 0 Å². The van der Waals surface area contributed by atoms with E-state index in [9.17, 15) is 4.39 Å². The summed E-state index contributed by atoms with van der Waals surface area (Å²) >= 11 is 0. The highest BCUT2D eigenvalue weighted by atomic mass is 19.1. The Morgan fingerprint density at radius 2 is 2.17 bits per heavy atom. The molecule has 12 heavy (non-hydrogen) atoms. The molecule has 1 aromatic carbocycles. The Balaban J connectivity index is 2.78. The molecule has 0 amide bonds. The molecule has 3 heteroatoms. The van der Waals surface area contributed by atoms with Crippen LogP contribution in [0.5, 0.6) is 5.75 Å². The quantitative estimate of drug-likeness (QED) is 0.649. The smallest absolute Gasteiger partial charge is 0.208 e. The summed E-state index contributed by atoms with van der Waals surface area (Å²) < 4.78 is 23.0. The molecule has 0 saturated heterocycles. The Morgan fingerprint density at radius 3 is 2.92 bits per heavy atom. The van der Waals surface area contributed by atoms with Gasteiger partial charge in [0, 0.05) is 5.39 Å². The number of furan rings is 1. The molecule has 0 fully saturated rings. The van der Waals surface area contributed by atoms with Gasteiger partial charge in [0.2, 0.25) is 5.82 Å². The number of fused-ring (bicyclic) bond motifs is 1. The van der Waals surface area contributed by atoms with Crippen LogP contribution in [0.2, 0.25) is 0 Å². The molecule has 0 aliphatic rings. The van der Waals surface area contributed by atoms with Gasteiger partial charge in [-0.25, -0.2) is 0 Å². The number of ether oxygens (including phenoxy) is 1. The molecule has 0 atom stereocenters. The minimum atomic E-state index is -0.444. The fourth-order valence-electron chi connectivity index (χ4n) is 1.14. The van der Waals surface area contributed by atoms with E-state index in [4.69, 9.17) is 9.15 Å². The Morgan fingerprint density at radius 1 is 1.33 bits per heavy atom. The minimum Gasteiger partial charge on any atom is -0.494 e. The van der Waals surface area contributed by atoms with Crippen molar-refractivity contribution in [2.24, 2.45) is 0 Å². The van der Waals surface area contributed by atoms with Crippen LogP contribution < -0.4 is 4.74 Å². The first-order valence-electron chi connectivity index (χ1n) is 3.52. The van der Waals surface area contributed by atoms with Crippen LogP contribution in [0.4, 0.5) is 4.39 Å². The summed E-state index contributed by atoms with van der Waals surface area (Å²) in [5.41, 5.74) is 0.245. The van der Waals surface area contributed by atoms with Gasteiger partial charge in [-0.2, -0.15) is 4.39 Å². The van der Waals surface area contributed by atoms with Crippen LogP contribution in [-0.2, 0) is 0 Å². The molecule has 0 radical (unpaired) electrons. The van der Waals surface area contributed by atoms with Crippen LogP contribution in [0.25, 0.3) is 11.0 Å². The van der Waals surface area contributed by atoms with Gasteiger partial charge >= 0.3 is 0 Å². The van der Waals surface area contributed by atoms with Gasteiger partial charge in [-0.3, -0.25) is 0 Å². The number of methoxy groups -OCH3 is 1. The van der Waals surface area contributed by atoms with Crippen molar-refractivity contribution in [2.75, 3.05) is 7.11 Å². The van der Waals surface area contributed by atoms with Crippen LogP contribution in [0.15, 0.2) is 28.9 Å². The minimum absolute atomic E-state index is 0.206. The third-order valence-corrected chi connectivity index (χ3v) is 1.75. The summed E-state index contributed by atoms with van der Waals surface area (Å²) in [5, 5.41) is 0.744. The van der Waals surface area contributed by atoms with Gasteiger partial charge in [0.25, 0.3) is 0 Å². The lowest BCUT2D eigenvalue weighted by Gasteiger charge is -1.99. The fourth-order valence-corrected chi connectivity index (χ4v) is 1.14. The lowest BCUT2D eigenvalue weighted by molar-refractivity contribution is 0.385. The van der Waals surface area contributed by atoms with Gasteiger partial charge < -0.3 is 9.15 Å². The third-order valence-electron chi connectivity index (χ3n) is 1.75. The van der Waals surface area contributed by atoms with Gasteiger partial charge in [-0.05, 0) is 18.2 Å². The highest BCUT2D eigenvalue weighted by Gasteiger charge is 2.09. The lowest BCUT2D eigenvalue weighted by atomic mass is 10.2. The van der Waals surface area contributed by atoms with E-state index < -0.39 is 5.82 Å². The zero-order valence-corrected chi connectivity index (χ0v) is 6.50. The van der Waals surface area contributed by atoms with E-state index >= 15 is 0 Å². The molecule has 1 aromatic heterocycles. The van der Waals surface area contributed by atoms with E-state index in [1.165, 1.54) is 13.4 Å². The van der Waals surface area contributed by atoms with Crippen molar-refractivity contribution >= 4 is 11.0 Å². The Kier molecular flexibility index (Phi) is 1.50. The molecule has 2 rings (SSSR count). The molecule has 0 aliphatic carbocycles. The molecule has 2 aromatic rings. The molecular formula is C9H7FO2. The van der Waals surface area contributed by atoms with Crippen molar-refractivity contribution in [3.63, 3.8) is 0 Å². The number of rotatable bonds is 1. The van der Waals surface area contributed by atoms with E-state index in [0.717, 1.165) is 5.39 Å². The maximum atomic E-state index is 13.3. The normalized spacial score (nSPS) is 10.5. The zero-order chi connectivity index (χ0) is 8.55. The Hall–Kier alpha value is -1.51. The van der Waals surface area contributed by atoms with Crippen LogP contribution >= 0.6 is 0 Å².